The molecule has 1 heterocycles. The average molecular weight is 236 g/mol. The number of carbonyl (C=O) groups excluding carboxylic acids is 1. The number of carbonyl (C=O) groups is 1. The maximum Gasteiger partial charge on any atom is 0.265 e. The van der Waals surface area contributed by atoms with E-state index >= 15 is 0 Å². The molecular weight excluding hydrogens is 232 g/mol. The van der Waals surface area contributed by atoms with Crippen molar-refractivity contribution >= 4 is 22.2 Å². The van der Waals surface area contributed by atoms with Gasteiger partial charge in [0.1, 0.15) is 5.69 Å². The maximum atomic E-state index is 12.2. The number of pyridine rings is 1. The third kappa shape index (κ3) is 1.85. The summed E-state index contributed by atoms with van der Waals surface area (Å²) in [7, 11) is 0. The first-order valence-electron chi connectivity index (χ1n) is 3.04. The summed E-state index contributed by atoms with van der Waals surface area (Å²) in [5.41, 5.74) is -0.208. The number of halogens is 3. The Bertz CT molecular complexity index is 303. The molecule has 1 aromatic heterocycles. The molecular formula is C7H4BrF2NO. The van der Waals surface area contributed by atoms with Crippen LogP contribution in [0.1, 0.15) is 22.5 Å². The Morgan fingerprint density at radius 1 is 1.58 bits per heavy atom. The Kier molecular flexibility index (Phi) is 2.86. The van der Waals surface area contributed by atoms with E-state index in [2.05, 4.69) is 20.9 Å². The van der Waals surface area contributed by atoms with Gasteiger partial charge in [0.25, 0.3) is 6.43 Å². The van der Waals surface area contributed by atoms with Gasteiger partial charge >= 0.3 is 0 Å². The summed E-state index contributed by atoms with van der Waals surface area (Å²) in [4.78, 5) is 13.8. The number of aldehydes is 1. The number of nitrogens with zero attached hydrogens (tertiary/aromatic N) is 1. The molecule has 0 radical (unpaired) electrons. The van der Waals surface area contributed by atoms with Gasteiger partial charge in [-0.2, -0.15) is 0 Å². The standard InChI is InChI=1S/C7H4BrF2NO/c8-6-2-11-4(3-12)1-5(6)7(9)10/h1-3,7H. The van der Waals surface area contributed by atoms with Crippen LogP contribution >= 0.6 is 15.9 Å². The largest absolute Gasteiger partial charge is 0.296 e. The number of rotatable bonds is 2. The van der Waals surface area contributed by atoms with Crippen LogP contribution in [-0.2, 0) is 0 Å². The molecule has 0 saturated heterocycles. The lowest BCUT2D eigenvalue weighted by atomic mass is 10.2. The smallest absolute Gasteiger partial charge is 0.265 e. The molecule has 0 aliphatic heterocycles. The topological polar surface area (TPSA) is 30.0 Å². The fraction of sp³-hybridized carbons (Fsp3) is 0.143. The molecule has 12 heavy (non-hydrogen) atoms. The monoisotopic (exact) mass is 235 g/mol. The van der Waals surface area contributed by atoms with Crippen molar-refractivity contribution in [1.29, 1.82) is 0 Å². The second-order valence-electron chi connectivity index (χ2n) is 2.05. The Morgan fingerprint density at radius 2 is 2.25 bits per heavy atom. The first kappa shape index (κ1) is 9.25. The van der Waals surface area contributed by atoms with Gasteiger partial charge in [-0.05, 0) is 22.0 Å². The summed E-state index contributed by atoms with van der Waals surface area (Å²) in [6, 6.07) is 1.06. The van der Waals surface area contributed by atoms with E-state index in [1.165, 1.54) is 6.20 Å². The predicted octanol–water partition coefficient (Wildman–Crippen LogP) is 2.59. The highest BCUT2D eigenvalue weighted by atomic mass is 79.9. The molecule has 0 bridgehead atoms. The van der Waals surface area contributed by atoms with Crippen molar-refractivity contribution in [2.45, 2.75) is 6.43 Å². The predicted molar refractivity (Wildman–Crippen MR) is 42.3 cm³/mol. The van der Waals surface area contributed by atoms with E-state index in [1.54, 1.807) is 0 Å². The highest BCUT2D eigenvalue weighted by Crippen LogP contribution is 2.26. The molecule has 0 fully saturated rings. The molecule has 2 nitrogen and oxygen atoms in total. The van der Waals surface area contributed by atoms with Gasteiger partial charge in [0.2, 0.25) is 0 Å². The van der Waals surface area contributed by atoms with Crippen LogP contribution in [0.15, 0.2) is 16.7 Å². The van der Waals surface area contributed by atoms with Crippen molar-refractivity contribution in [1.82, 2.24) is 4.98 Å². The maximum absolute atomic E-state index is 12.2. The van der Waals surface area contributed by atoms with Gasteiger partial charge in [-0.3, -0.25) is 9.78 Å². The van der Waals surface area contributed by atoms with Crippen LogP contribution in [0, 0.1) is 0 Å². The van der Waals surface area contributed by atoms with Crippen molar-refractivity contribution in [2.24, 2.45) is 0 Å². The number of hydrogen-bond acceptors (Lipinski definition) is 2. The van der Waals surface area contributed by atoms with Crippen LogP contribution in [-0.4, -0.2) is 11.3 Å². The SMILES string of the molecule is O=Cc1cc(C(F)F)c(Br)cn1. The quantitative estimate of drug-likeness (QED) is 0.738. The molecule has 0 unspecified atom stereocenters. The number of alkyl halides is 2. The molecule has 64 valence electrons. The summed E-state index contributed by atoms with van der Waals surface area (Å²) in [6.45, 7) is 0. The van der Waals surface area contributed by atoms with Gasteiger partial charge in [0, 0.05) is 16.2 Å². The van der Waals surface area contributed by atoms with Crippen LogP contribution in [0.25, 0.3) is 0 Å². The van der Waals surface area contributed by atoms with E-state index in [0.717, 1.165) is 6.07 Å². The fourth-order valence-electron chi connectivity index (χ4n) is 0.703. The summed E-state index contributed by atoms with van der Waals surface area (Å²) in [5, 5.41) is 0. The molecule has 0 aromatic carbocycles. The molecule has 0 atom stereocenters. The van der Waals surface area contributed by atoms with Crippen molar-refractivity contribution < 1.29 is 13.6 Å². The molecule has 0 N–H and O–H groups in total. The zero-order chi connectivity index (χ0) is 9.14. The Morgan fingerprint density at radius 3 is 2.75 bits per heavy atom. The van der Waals surface area contributed by atoms with E-state index in [4.69, 9.17) is 0 Å². The summed E-state index contributed by atoms with van der Waals surface area (Å²) in [6.07, 6.45) is -0.982. The minimum atomic E-state index is -2.60. The summed E-state index contributed by atoms with van der Waals surface area (Å²) < 4.78 is 24.6. The minimum Gasteiger partial charge on any atom is -0.296 e. The van der Waals surface area contributed by atoms with Crippen molar-refractivity contribution in [3.8, 4) is 0 Å². The van der Waals surface area contributed by atoms with Crippen LogP contribution in [0.2, 0.25) is 0 Å². The summed E-state index contributed by atoms with van der Waals surface area (Å²) in [5.74, 6) is 0. The van der Waals surface area contributed by atoms with Gasteiger partial charge in [-0.1, -0.05) is 0 Å². The lowest BCUT2D eigenvalue weighted by Gasteiger charge is -2.01. The zero-order valence-corrected chi connectivity index (χ0v) is 7.38. The lowest BCUT2D eigenvalue weighted by molar-refractivity contribution is 0.111. The molecule has 0 amide bonds. The molecule has 1 aromatic rings. The number of hydrogen-bond donors (Lipinski definition) is 0. The highest BCUT2D eigenvalue weighted by molar-refractivity contribution is 9.10. The zero-order valence-electron chi connectivity index (χ0n) is 5.80. The molecule has 1 rings (SSSR count). The van der Waals surface area contributed by atoms with E-state index in [0.29, 0.717) is 6.29 Å². The van der Waals surface area contributed by atoms with Crippen molar-refractivity contribution in [2.75, 3.05) is 0 Å². The van der Waals surface area contributed by atoms with Crippen LogP contribution in [0.5, 0.6) is 0 Å². The van der Waals surface area contributed by atoms with Crippen molar-refractivity contribution in [3.63, 3.8) is 0 Å². The molecule has 5 heteroatoms. The normalized spacial score (nSPS) is 10.3. The lowest BCUT2D eigenvalue weighted by Crippen LogP contribution is -1.92. The third-order valence-corrected chi connectivity index (χ3v) is 1.92. The highest BCUT2D eigenvalue weighted by Gasteiger charge is 2.12. The molecule has 0 aliphatic carbocycles. The van der Waals surface area contributed by atoms with E-state index in [9.17, 15) is 13.6 Å². The van der Waals surface area contributed by atoms with E-state index < -0.39 is 6.43 Å². The fourth-order valence-corrected chi connectivity index (χ4v) is 1.09. The molecule has 0 aliphatic rings. The first-order valence-corrected chi connectivity index (χ1v) is 3.83. The number of aromatic nitrogens is 1. The Hall–Kier alpha value is -0.840. The van der Waals surface area contributed by atoms with Crippen molar-refractivity contribution in [3.05, 3.63) is 28.0 Å². The second-order valence-corrected chi connectivity index (χ2v) is 2.90. The molecule has 0 saturated carbocycles. The van der Waals surface area contributed by atoms with Gasteiger partial charge in [-0.15, -0.1) is 0 Å². The van der Waals surface area contributed by atoms with Gasteiger partial charge < -0.3 is 0 Å². The minimum absolute atomic E-state index is 0.00787. The Labute approximate surface area is 75.7 Å². The van der Waals surface area contributed by atoms with Gasteiger partial charge in [-0.25, -0.2) is 8.78 Å². The van der Waals surface area contributed by atoms with Crippen LogP contribution in [0.3, 0.4) is 0 Å². The van der Waals surface area contributed by atoms with Crippen LogP contribution < -0.4 is 0 Å². The Balaban J connectivity index is 3.16. The van der Waals surface area contributed by atoms with E-state index in [-0.39, 0.29) is 15.7 Å². The van der Waals surface area contributed by atoms with Gasteiger partial charge in [0.05, 0.1) is 0 Å². The summed E-state index contributed by atoms with van der Waals surface area (Å²) >= 11 is 2.90. The van der Waals surface area contributed by atoms with E-state index in [1.807, 2.05) is 0 Å². The second kappa shape index (κ2) is 3.71. The molecule has 0 spiro atoms. The first-order chi connectivity index (χ1) is 5.65. The van der Waals surface area contributed by atoms with Gasteiger partial charge in [0.15, 0.2) is 6.29 Å². The third-order valence-electron chi connectivity index (χ3n) is 1.26. The average Bonchev–Trinajstić information content (AvgIpc) is 2.05. The van der Waals surface area contributed by atoms with Crippen LogP contribution in [0.4, 0.5) is 8.78 Å².